The zero-order valence-electron chi connectivity index (χ0n) is 14.0. The van der Waals surface area contributed by atoms with Gasteiger partial charge in [-0.05, 0) is 50.6 Å². The number of anilines is 1. The van der Waals surface area contributed by atoms with Crippen molar-refractivity contribution in [3.05, 3.63) is 48.3 Å². The Labute approximate surface area is 140 Å². The molecule has 0 aliphatic rings. The minimum Gasteiger partial charge on any atom is -0.507 e. The Morgan fingerprint density at radius 2 is 1.88 bits per heavy atom. The molecule has 0 unspecified atom stereocenters. The lowest BCUT2D eigenvalue weighted by Crippen LogP contribution is -2.30. The van der Waals surface area contributed by atoms with E-state index in [1.165, 1.54) is 12.1 Å². The van der Waals surface area contributed by atoms with Crippen LogP contribution in [-0.4, -0.2) is 20.6 Å². The first kappa shape index (κ1) is 16.2. The lowest BCUT2D eigenvalue weighted by molar-refractivity contribution is 0.477. The lowest BCUT2D eigenvalue weighted by Gasteiger charge is -2.26. The number of aromatic nitrogens is 2. The van der Waals surface area contributed by atoms with Crippen molar-refractivity contribution in [3.8, 4) is 17.1 Å². The van der Waals surface area contributed by atoms with Gasteiger partial charge >= 0.3 is 0 Å². The number of benzene rings is 2. The van der Waals surface area contributed by atoms with Crippen molar-refractivity contribution in [3.63, 3.8) is 0 Å². The lowest BCUT2D eigenvalue weighted by atomic mass is 10.0. The predicted molar refractivity (Wildman–Crippen MR) is 94.6 cm³/mol. The average molecular weight is 325 g/mol. The van der Waals surface area contributed by atoms with Crippen LogP contribution in [0, 0.1) is 5.82 Å². The first-order valence-corrected chi connectivity index (χ1v) is 7.93. The Bertz CT molecular complexity index is 893. The number of fused-ring (bicyclic) bond motifs is 1. The molecule has 3 aromatic rings. The van der Waals surface area contributed by atoms with E-state index in [9.17, 15) is 9.50 Å². The van der Waals surface area contributed by atoms with Gasteiger partial charge in [0, 0.05) is 10.9 Å². The normalized spacial score (nSPS) is 11.7. The van der Waals surface area contributed by atoms with E-state index in [1.807, 2.05) is 6.07 Å². The summed E-state index contributed by atoms with van der Waals surface area (Å²) in [5.74, 6) is 0.740. The zero-order valence-corrected chi connectivity index (χ0v) is 14.0. The fraction of sp³-hybridized carbons (Fsp3) is 0.263. The van der Waals surface area contributed by atoms with E-state index in [-0.39, 0.29) is 17.1 Å². The van der Waals surface area contributed by atoms with E-state index < -0.39 is 0 Å². The molecular weight excluding hydrogens is 305 g/mol. The molecule has 4 nitrogen and oxygen atoms in total. The molecule has 0 atom stereocenters. The second kappa shape index (κ2) is 6.07. The fourth-order valence-corrected chi connectivity index (χ4v) is 2.39. The van der Waals surface area contributed by atoms with Crippen LogP contribution in [0.25, 0.3) is 22.3 Å². The van der Waals surface area contributed by atoms with Crippen LogP contribution in [0.5, 0.6) is 5.75 Å². The van der Waals surface area contributed by atoms with Crippen molar-refractivity contribution in [1.29, 1.82) is 0 Å². The number of halogens is 1. The van der Waals surface area contributed by atoms with Gasteiger partial charge in [0.25, 0.3) is 0 Å². The minimum absolute atomic E-state index is 0.111. The van der Waals surface area contributed by atoms with Crippen LogP contribution < -0.4 is 5.32 Å². The number of nitrogens with zero attached hydrogens (tertiary/aromatic N) is 2. The number of aromatic hydroxyl groups is 1. The molecule has 0 saturated carbocycles. The quantitative estimate of drug-likeness (QED) is 0.727. The summed E-state index contributed by atoms with van der Waals surface area (Å²) in [6.07, 6.45) is 0.875. The van der Waals surface area contributed by atoms with Gasteiger partial charge in [-0.15, -0.1) is 0 Å². The number of hydrogen-bond acceptors (Lipinski definition) is 4. The topological polar surface area (TPSA) is 58.0 Å². The van der Waals surface area contributed by atoms with Gasteiger partial charge in [0.05, 0.1) is 11.1 Å². The van der Waals surface area contributed by atoms with Crippen LogP contribution >= 0.6 is 0 Å². The van der Waals surface area contributed by atoms with Crippen LogP contribution in [0.15, 0.2) is 42.5 Å². The Morgan fingerprint density at radius 1 is 1.12 bits per heavy atom. The highest BCUT2D eigenvalue weighted by Gasteiger charge is 2.19. The van der Waals surface area contributed by atoms with Gasteiger partial charge in [0.15, 0.2) is 5.82 Å². The van der Waals surface area contributed by atoms with Crippen molar-refractivity contribution in [1.82, 2.24) is 9.97 Å². The Balaban J connectivity index is 2.23. The molecule has 1 heterocycles. The molecule has 0 spiro atoms. The third-order valence-corrected chi connectivity index (χ3v) is 4.14. The largest absolute Gasteiger partial charge is 0.507 e. The Morgan fingerprint density at radius 3 is 2.58 bits per heavy atom. The maximum Gasteiger partial charge on any atom is 0.165 e. The van der Waals surface area contributed by atoms with Gasteiger partial charge in [-0.1, -0.05) is 19.1 Å². The van der Waals surface area contributed by atoms with E-state index >= 15 is 0 Å². The van der Waals surface area contributed by atoms with Gasteiger partial charge in [-0.3, -0.25) is 0 Å². The SMILES string of the molecule is CCC(C)(C)Nc1nc(-c2ccccc2O)nc2ccc(F)cc12. The van der Waals surface area contributed by atoms with Gasteiger partial charge in [0.1, 0.15) is 17.4 Å². The summed E-state index contributed by atoms with van der Waals surface area (Å²) in [5.41, 5.74) is 0.962. The van der Waals surface area contributed by atoms with Crippen molar-refractivity contribution >= 4 is 16.7 Å². The molecule has 0 aliphatic carbocycles. The van der Waals surface area contributed by atoms with Crippen molar-refractivity contribution in [2.24, 2.45) is 0 Å². The molecule has 2 aromatic carbocycles. The molecule has 5 heteroatoms. The average Bonchev–Trinajstić information content (AvgIpc) is 2.55. The van der Waals surface area contributed by atoms with Gasteiger partial charge in [0.2, 0.25) is 0 Å². The number of hydrogen-bond donors (Lipinski definition) is 2. The maximum atomic E-state index is 13.7. The Hall–Kier alpha value is -2.69. The first-order chi connectivity index (χ1) is 11.4. The molecule has 2 N–H and O–H groups in total. The number of phenols is 1. The maximum absolute atomic E-state index is 13.7. The molecule has 0 radical (unpaired) electrons. The molecule has 0 bridgehead atoms. The van der Waals surface area contributed by atoms with Crippen molar-refractivity contribution in [2.75, 3.05) is 5.32 Å². The van der Waals surface area contributed by atoms with Crippen LogP contribution in [0.2, 0.25) is 0 Å². The summed E-state index contributed by atoms with van der Waals surface area (Å²) in [4.78, 5) is 9.04. The number of para-hydroxylation sites is 1. The van der Waals surface area contributed by atoms with Crippen LogP contribution in [0.3, 0.4) is 0 Å². The third kappa shape index (κ3) is 3.15. The molecule has 0 amide bonds. The summed E-state index contributed by atoms with van der Waals surface area (Å²) >= 11 is 0. The monoisotopic (exact) mass is 325 g/mol. The highest BCUT2D eigenvalue weighted by molar-refractivity contribution is 5.91. The molecular formula is C19H20FN3O. The van der Waals surface area contributed by atoms with E-state index in [0.29, 0.717) is 28.1 Å². The minimum atomic E-state index is -0.334. The van der Waals surface area contributed by atoms with Crippen molar-refractivity contribution < 1.29 is 9.50 Å². The zero-order chi connectivity index (χ0) is 17.3. The second-order valence-electron chi connectivity index (χ2n) is 6.44. The van der Waals surface area contributed by atoms with E-state index in [2.05, 4.69) is 36.1 Å². The number of phenolic OH excluding ortho intramolecular Hbond substituents is 1. The Kier molecular flexibility index (Phi) is 4.09. The summed E-state index contributed by atoms with van der Waals surface area (Å²) in [6.45, 7) is 6.18. The van der Waals surface area contributed by atoms with Gasteiger partial charge in [-0.25, -0.2) is 14.4 Å². The third-order valence-electron chi connectivity index (χ3n) is 4.14. The summed E-state index contributed by atoms with van der Waals surface area (Å²) in [6, 6.07) is 11.3. The summed E-state index contributed by atoms with van der Waals surface area (Å²) in [5, 5.41) is 14.1. The van der Waals surface area contributed by atoms with Gasteiger partial charge in [-0.2, -0.15) is 0 Å². The number of rotatable bonds is 4. The first-order valence-electron chi connectivity index (χ1n) is 7.93. The molecule has 24 heavy (non-hydrogen) atoms. The summed E-state index contributed by atoms with van der Waals surface area (Å²) in [7, 11) is 0. The standard InChI is InChI=1S/C19H20FN3O/c1-4-19(2,3)23-18-14-11-12(20)9-10-15(14)21-17(22-18)13-7-5-6-8-16(13)24/h5-11,24H,4H2,1-3H3,(H,21,22,23). The fourth-order valence-electron chi connectivity index (χ4n) is 2.39. The smallest absolute Gasteiger partial charge is 0.165 e. The molecule has 1 aromatic heterocycles. The highest BCUT2D eigenvalue weighted by atomic mass is 19.1. The van der Waals surface area contributed by atoms with Crippen LogP contribution in [0.4, 0.5) is 10.2 Å². The molecule has 124 valence electrons. The molecule has 0 aliphatic heterocycles. The van der Waals surface area contributed by atoms with Crippen LogP contribution in [0.1, 0.15) is 27.2 Å². The molecule has 0 saturated heterocycles. The summed E-state index contributed by atoms with van der Waals surface area (Å²) < 4.78 is 13.7. The van der Waals surface area contributed by atoms with Crippen molar-refractivity contribution in [2.45, 2.75) is 32.7 Å². The number of nitrogens with one attached hydrogen (secondary N) is 1. The van der Waals surface area contributed by atoms with E-state index in [0.717, 1.165) is 6.42 Å². The highest BCUT2D eigenvalue weighted by Crippen LogP contribution is 2.31. The van der Waals surface area contributed by atoms with E-state index in [4.69, 9.17) is 0 Å². The molecule has 0 fully saturated rings. The predicted octanol–water partition coefficient (Wildman–Crippen LogP) is 4.74. The second-order valence-corrected chi connectivity index (χ2v) is 6.44. The van der Waals surface area contributed by atoms with E-state index in [1.54, 1.807) is 24.3 Å². The van der Waals surface area contributed by atoms with Crippen LogP contribution in [-0.2, 0) is 0 Å². The van der Waals surface area contributed by atoms with Gasteiger partial charge < -0.3 is 10.4 Å². The molecule has 3 rings (SSSR count).